The Morgan fingerprint density at radius 2 is 2.12 bits per heavy atom. The number of nitrogens with two attached hydrogens (primary N) is 1. The van der Waals surface area contributed by atoms with Gasteiger partial charge >= 0.3 is 0 Å². The topological polar surface area (TPSA) is 29.3 Å². The van der Waals surface area contributed by atoms with E-state index in [0.29, 0.717) is 0 Å². The predicted molar refractivity (Wildman–Crippen MR) is 36.3 cm³/mol. The summed E-state index contributed by atoms with van der Waals surface area (Å²) in [5.41, 5.74) is 5.17. The van der Waals surface area contributed by atoms with Crippen molar-refractivity contribution in [3.8, 4) is 0 Å². The first-order valence-electron chi connectivity index (χ1n) is 2.95. The van der Waals surface area contributed by atoms with E-state index in [0.717, 1.165) is 13.0 Å². The molecule has 0 aliphatic heterocycles. The van der Waals surface area contributed by atoms with Crippen LogP contribution in [-0.4, -0.2) is 25.5 Å². The smallest absolute Gasteiger partial charge is 0.0192 e. The molecule has 0 saturated carbocycles. The Labute approximate surface area is 51.7 Å². The highest BCUT2D eigenvalue weighted by atomic mass is 15.0. The van der Waals surface area contributed by atoms with Gasteiger partial charge in [0.1, 0.15) is 0 Å². The maximum absolute atomic E-state index is 5.17. The molecule has 0 spiro atoms. The lowest BCUT2D eigenvalue weighted by Crippen LogP contribution is -2.13. The van der Waals surface area contributed by atoms with Crippen LogP contribution >= 0.6 is 0 Å². The average molecular weight is 115 g/mol. The van der Waals surface area contributed by atoms with Crippen molar-refractivity contribution >= 4 is 0 Å². The van der Waals surface area contributed by atoms with E-state index in [9.17, 15) is 0 Å². The molecule has 0 heterocycles. The molecule has 0 atom stereocenters. The Balaban J connectivity index is 2.72. The molecule has 2 N–H and O–H groups in total. The van der Waals surface area contributed by atoms with Gasteiger partial charge in [-0.05, 0) is 33.5 Å². The zero-order valence-corrected chi connectivity index (χ0v) is 5.72. The average Bonchev–Trinajstić information content (AvgIpc) is 1.66. The van der Waals surface area contributed by atoms with Gasteiger partial charge in [-0.3, -0.25) is 0 Å². The molecule has 0 amide bonds. The first kappa shape index (κ1) is 7.92. The van der Waals surface area contributed by atoms with Crippen LogP contribution in [0.4, 0.5) is 0 Å². The maximum atomic E-state index is 5.17. The number of hydrogen-bond acceptors (Lipinski definition) is 2. The minimum atomic E-state index is 1.03. The third kappa shape index (κ3) is 5.92. The molecular formula is C6H15N2. The van der Waals surface area contributed by atoms with E-state index >= 15 is 0 Å². The molecule has 0 aromatic heterocycles. The third-order valence-corrected chi connectivity index (χ3v) is 0.976. The maximum Gasteiger partial charge on any atom is 0.0192 e. The summed E-state index contributed by atoms with van der Waals surface area (Å²) in [5, 5.41) is 0. The molecule has 0 aromatic carbocycles. The fourth-order valence-electron chi connectivity index (χ4n) is 0.525. The van der Waals surface area contributed by atoms with Gasteiger partial charge in [0.25, 0.3) is 0 Å². The summed E-state index contributed by atoms with van der Waals surface area (Å²) >= 11 is 0. The summed E-state index contributed by atoms with van der Waals surface area (Å²) in [7, 11) is 4.13. The van der Waals surface area contributed by atoms with Gasteiger partial charge in [0.05, 0.1) is 0 Å². The predicted octanol–water partition coefficient (Wildman–Crippen LogP) is 0.449. The van der Waals surface area contributed by atoms with Gasteiger partial charge in [0.15, 0.2) is 0 Å². The SMILES string of the molecule is CN(C)CCC[CH]N. The second-order valence-corrected chi connectivity index (χ2v) is 2.18. The van der Waals surface area contributed by atoms with Gasteiger partial charge in [-0.15, -0.1) is 0 Å². The summed E-state index contributed by atoms with van der Waals surface area (Å²) < 4.78 is 0. The van der Waals surface area contributed by atoms with Gasteiger partial charge in [-0.1, -0.05) is 0 Å². The van der Waals surface area contributed by atoms with Crippen molar-refractivity contribution in [1.82, 2.24) is 4.90 Å². The number of nitrogens with zero attached hydrogens (tertiary/aromatic N) is 1. The van der Waals surface area contributed by atoms with Crippen LogP contribution in [0.3, 0.4) is 0 Å². The zero-order chi connectivity index (χ0) is 6.41. The number of unbranched alkanes of at least 4 members (excludes halogenated alkanes) is 1. The van der Waals surface area contributed by atoms with Gasteiger partial charge < -0.3 is 10.6 Å². The van der Waals surface area contributed by atoms with Crippen molar-refractivity contribution in [3.63, 3.8) is 0 Å². The van der Waals surface area contributed by atoms with Gasteiger partial charge in [-0.2, -0.15) is 0 Å². The summed E-state index contributed by atoms with van der Waals surface area (Å²) in [6, 6.07) is 0. The van der Waals surface area contributed by atoms with Crippen molar-refractivity contribution in [2.75, 3.05) is 20.6 Å². The molecule has 8 heavy (non-hydrogen) atoms. The van der Waals surface area contributed by atoms with E-state index < -0.39 is 0 Å². The zero-order valence-electron chi connectivity index (χ0n) is 5.72. The van der Waals surface area contributed by atoms with Crippen LogP contribution in [0.1, 0.15) is 12.8 Å². The second kappa shape index (κ2) is 5.06. The molecule has 1 radical (unpaired) electrons. The summed E-state index contributed by atoms with van der Waals surface area (Å²) in [5.74, 6) is 0. The Morgan fingerprint density at radius 1 is 1.50 bits per heavy atom. The van der Waals surface area contributed by atoms with Crippen molar-refractivity contribution < 1.29 is 0 Å². The van der Waals surface area contributed by atoms with E-state index in [1.807, 2.05) is 0 Å². The molecule has 49 valence electrons. The second-order valence-electron chi connectivity index (χ2n) is 2.18. The van der Waals surface area contributed by atoms with Crippen LogP contribution in [0.25, 0.3) is 0 Å². The number of rotatable bonds is 4. The van der Waals surface area contributed by atoms with E-state index in [-0.39, 0.29) is 0 Å². The molecule has 0 rings (SSSR count). The Kier molecular flexibility index (Phi) is 5.01. The molecule has 2 heteroatoms. The van der Waals surface area contributed by atoms with Crippen molar-refractivity contribution in [1.29, 1.82) is 0 Å². The largest absolute Gasteiger partial charge is 0.326 e. The van der Waals surface area contributed by atoms with Crippen LogP contribution in [0, 0.1) is 6.54 Å². The molecular weight excluding hydrogens is 100 g/mol. The van der Waals surface area contributed by atoms with Crippen LogP contribution in [0.5, 0.6) is 0 Å². The highest BCUT2D eigenvalue weighted by Gasteiger charge is 1.86. The summed E-state index contributed by atoms with van der Waals surface area (Å²) in [6.07, 6.45) is 2.20. The quantitative estimate of drug-likeness (QED) is 0.539. The molecule has 0 aliphatic carbocycles. The molecule has 0 aromatic rings. The van der Waals surface area contributed by atoms with Gasteiger partial charge in [0, 0.05) is 6.54 Å². The van der Waals surface area contributed by atoms with E-state index in [1.54, 1.807) is 6.54 Å². The normalized spacial score (nSPS) is 10.5. The van der Waals surface area contributed by atoms with Crippen LogP contribution < -0.4 is 5.73 Å². The summed E-state index contributed by atoms with van der Waals surface area (Å²) in [4.78, 5) is 2.16. The minimum absolute atomic E-state index is 1.03. The first-order valence-corrected chi connectivity index (χ1v) is 2.95. The van der Waals surface area contributed by atoms with E-state index in [4.69, 9.17) is 5.73 Å². The lowest BCUT2D eigenvalue weighted by atomic mass is 10.3. The monoisotopic (exact) mass is 115 g/mol. The fraction of sp³-hybridized carbons (Fsp3) is 0.833. The Morgan fingerprint density at radius 3 is 2.50 bits per heavy atom. The lowest BCUT2D eigenvalue weighted by molar-refractivity contribution is 0.399. The number of hydrogen-bond donors (Lipinski definition) is 1. The van der Waals surface area contributed by atoms with Gasteiger partial charge in [0.2, 0.25) is 0 Å². The molecule has 0 fully saturated rings. The molecule has 0 saturated heterocycles. The van der Waals surface area contributed by atoms with Crippen molar-refractivity contribution in [2.24, 2.45) is 5.73 Å². The van der Waals surface area contributed by atoms with Crippen LogP contribution in [0.2, 0.25) is 0 Å². The van der Waals surface area contributed by atoms with Gasteiger partial charge in [-0.25, -0.2) is 0 Å². The Bertz CT molecular complexity index is 43.8. The summed E-state index contributed by atoms with van der Waals surface area (Å²) in [6.45, 7) is 2.84. The lowest BCUT2D eigenvalue weighted by Gasteiger charge is -2.06. The van der Waals surface area contributed by atoms with Crippen LogP contribution in [-0.2, 0) is 0 Å². The standard InChI is InChI=1S/C6H15N2/c1-8(2)6-4-3-5-7/h5H,3-4,6-7H2,1-2H3. The fourth-order valence-corrected chi connectivity index (χ4v) is 0.525. The first-order chi connectivity index (χ1) is 3.77. The Hall–Kier alpha value is -0.0800. The van der Waals surface area contributed by atoms with Crippen LogP contribution in [0.15, 0.2) is 0 Å². The molecule has 0 aliphatic rings. The van der Waals surface area contributed by atoms with E-state index in [2.05, 4.69) is 19.0 Å². The molecule has 2 nitrogen and oxygen atoms in total. The third-order valence-electron chi connectivity index (χ3n) is 0.976. The van der Waals surface area contributed by atoms with Crippen molar-refractivity contribution in [2.45, 2.75) is 12.8 Å². The molecule has 0 unspecified atom stereocenters. The van der Waals surface area contributed by atoms with Crippen molar-refractivity contribution in [3.05, 3.63) is 6.54 Å². The minimum Gasteiger partial charge on any atom is -0.326 e. The highest BCUT2D eigenvalue weighted by molar-refractivity contribution is 4.54. The highest BCUT2D eigenvalue weighted by Crippen LogP contribution is 1.88. The molecule has 0 bridgehead atoms. The van der Waals surface area contributed by atoms with E-state index in [1.165, 1.54) is 6.42 Å².